The highest BCUT2D eigenvalue weighted by molar-refractivity contribution is 6.05. The lowest BCUT2D eigenvalue weighted by molar-refractivity contribution is 0.102. The summed E-state index contributed by atoms with van der Waals surface area (Å²) in [7, 11) is 3.11. The Kier molecular flexibility index (Phi) is 4.33. The number of amides is 1. The molecule has 5 heteroatoms. The molecule has 0 saturated carbocycles. The highest BCUT2D eigenvalue weighted by atomic mass is 16.5. The number of carbonyl (C=O) groups is 1. The molecule has 0 unspecified atom stereocenters. The molecule has 0 radical (unpaired) electrons. The summed E-state index contributed by atoms with van der Waals surface area (Å²) in [5, 5.41) is 2.81. The Hall–Kier alpha value is -2.69. The van der Waals surface area contributed by atoms with Gasteiger partial charge in [-0.05, 0) is 42.8 Å². The van der Waals surface area contributed by atoms with E-state index >= 15 is 0 Å². The van der Waals surface area contributed by atoms with Crippen LogP contribution in [0.5, 0.6) is 11.5 Å². The summed E-state index contributed by atoms with van der Waals surface area (Å²) in [5.74, 6) is 0.941. The van der Waals surface area contributed by atoms with Crippen molar-refractivity contribution < 1.29 is 14.3 Å². The third kappa shape index (κ3) is 3.45. The van der Waals surface area contributed by atoms with Gasteiger partial charge in [0, 0.05) is 17.3 Å². The standard InChI is InChI=1S/C16H18N2O3/c1-10-6-11(8-12(17)7-10)16(19)18-14-9-13(20-2)4-5-15(14)21-3/h4-9H,17H2,1-3H3,(H,18,19). The summed E-state index contributed by atoms with van der Waals surface area (Å²) in [4.78, 5) is 12.3. The largest absolute Gasteiger partial charge is 0.497 e. The topological polar surface area (TPSA) is 73.6 Å². The van der Waals surface area contributed by atoms with E-state index in [4.69, 9.17) is 15.2 Å². The fourth-order valence-corrected chi connectivity index (χ4v) is 2.05. The summed E-state index contributed by atoms with van der Waals surface area (Å²) >= 11 is 0. The van der Waals surface area contributed by atoms with Gasteiger partial charge in [-0.3, -0.25) is 4.79 Å². The Morgan fingerprint density at radius 2 is 1.86 bits per heavy atom. The number of rotatable bonds is 4. The van der Waals surface area contributed by atoms with E-state index in [2.05, 4.69) is 5.32 Å². The second-order valence-corrected chi connectivity index (χ2v) is 4.65. The molecule has 110 valence electrons. The van der Waals surface area contributed by atoms with E-state index in [9.17, 15) is 4.79 Å². The van der Waals surface area contributed by atoms with Crippen LogP contribution < -0.4 is 20.5 Å². The number of nitrogen functional groups attached to an aromatic ring is 1. The minimum Gasteiger partial charge on any atom is -0.497 e. The van der Waals surface area contributed by atoms with Gasteiger partial charge in [0.05, 0.1) is 19.9 Å². The van der Waals surface area contributed by atoms with Crippen LogP contribution in [0, 0.1) is 6.92 Å². The maximum Gasteiger partial charge on any atom is 0.255 e. The van der Waals surface area contributed by atoms with Crippen LogP contribution in [-0.2, 0) is 0 Å². The van der Waals surface area contributed by atoms with Gasteiger partial charge >= 0.3 is 0 Å². The van der Waals surface area contributed by atoms with Gasteiger partial charge in [-0.2, -0.15) is 0 Å². The second-order valence-electron chi connectivity index (χ2n) is 4.65. The molecule has 0 aliphatic rings. The van der Waals surface area contributed by atoms with Crippen molar-refractivity contribution in [1.29, 1.82) is 0 Å². The van der Waals surface area contributed by atoms with Gasteiger partial charge in [0.15, 0.2) is 0 Å². The Labute approximate surface area is 123 Å². The molecule has 0 heterocycles. The molecule has 1 amide bonds. The maximum absolute atomic E-state index is 12.3. The first-order valence-corrected chi connectivity index (χ1v) is 6.44. The van der Waals surface area contributed by atoms with E-state index in [-0.39, 0.29) is 5.91 Å². The predicted molar refractivity (Wildman–Crippen MR) is 83.1 cm³/mol. The van der Waals surface area contributed by atoms with Crippen LogP contribution in [0.4, 0.5) is 11.4 Å². The summed E-state index contributed by atoms with van der Waals surface area (Å²) in [5.41, 5.74) is 8.29. The minimum absolute atomic E-state index is 0.253. The number of nitrogens with one attached hydrogen (secondary N) is 1. The molecule has 0 aromatic heterocycles. The number of aryl methyl sites for hydroxylation is 1. The maximum atomic E-state index is 12.3. The zero-order chi connectivity index (χ0) is 15.4. The van der Waals surface area contributed by atoms with E-state index in [0.717, 1.165) is 5.56 Å². The number of hydrogen-bond donors (Lipinski definition) is 2. The summed E-state index contributed by atoms with van der Waals surface area (Å²) in [6, 6.07) is 10.4. The molecule has 0 aliphatic heterocycles. The predicted octanol–water partition coefficient (Wildman–Crippen LogP) is 2.85. The highest BCUT2D eigenvalue weighted by Gasteiger charge is 2.11. The van der Waals surface area contributed by atoms with Crippen LogP contribution >= 0.6 is 0 Å². The summed E-state index contributed by atoms with van der Waals surface area (Å²) < 4.78 is 10.4. The van der Waals surface area contributed by atoms with Gasteiger partial charge in [-0.15, -0.1) is 0 Å². The molecule has 2 aromatic rings. The van der Waals surface area contributed by atoms with Crippen molar-refractivity contribution in [3.63, 3.8) is 0 Å². The number of nitrogens with two attached hydrogens (primary N) is 1. The van der Waals surface area contributed by atoms with Gasteiger partial charge < -0.3 is 20.5 Å². The molecule has 21 heavy (non-hydrogen) atoms. The molecule has 2 aromatic carbocycles. The first kappa shape index (κ1) is 14.7. The molecule has 2 rings (SSSR count). The lowest BCUT2D eigenvalue weighted by Gasteiger charge is -2.12. The second kappa shape index (κ2) is 6.17. The molecule has 0 aliphatic carbocycles. The van der Waals surface area contributed by atoms with E-state index < -0.39 is 0 Å². The molecule has 0 atom stereocenters. The zero-order valence-electron chi connectivity index (χ0n) is 12.3. The smallest absolute Gasteiger partial charge is 0.255 e. The number of methoxy groups -OCH3 is 2. The van der Waals surface area contributed by atoms with E-state index in [1.807, 2.05) is 13.0 Å². The fraction of sp³-hybridized carbons (Fsp3) is 0.188. The minimum atomic E-state index is -0.253. The summed E-state index contributed by atoms with van der Waals surface area (Å²) in [6.45, 7) is 1.89. The molecular weight excluding hydrogens is 268 g/mol. The number of carbonyl (C=O) groups excluding carboxylic acids is 1. The van der Waals surface area contributed by atoms with Crippen LogP contribution in [0.3, 0.4) is 0 Å². The van der Waals surface area contributed by atoms with Gasteiger partial charge in [0.1, 0.15) is 11.5 Å². The Bertz CT molecular complexity index is 648. The lowest BCUT2D eigenvalue weighted by atomic mass is 10.1. The van der Waals surface area contributed by atoms with Crippen LogP contribution in [-0.4, -0.2) is 20.1 Å². The van der Waals surface area contributed by atoms with Crippen LogP contribution in [0.2, 0.25) is 0 Å². The molecule has 0 spiro atoms. The van der Waals surface area contributed by atoms with Crippen molar-refractivity contribution >= 4 is 17.3 Å². The molecular formula is C16H18N2O3. The number of hydrogen-bond acceptors (Lipinski definition) is 4. The number of anilines is 2. The SMILES string of the molecule is COc1ccc(OC)c(NC(=O)c2cc(C)cc(N)c2)c1. The molecule has 0 bridgehead atoms. The molecule has 0 saturated heterocycles. The van der Waals surface area contributed by atoms with E-state index in [1.54, 1.807) is 44.6 Å². The number of benzene rings is 2. The van der Waals surface area contributed by atoms with Crippen LogP contribution in [0.1, 0.15) is 15.9 Å². The van der Waals surface area contributed by atoms with Crippen molar-refractivity contribution in [3.8, 4) is 11.5 Å². The monoisotopic (exact) mass is 286 g/mol. The summed E-state index contributed by atoms with van der Waals surface area (Å²) in [6.07, 6.45) is 0. The van der Waals surface area contributed by atoms with Gasteiger partial charge in [-0.25, -0.2) is 0 Å². The van der Waals surface area contributed by atoms with Gasteiger partial charge in [-0.1, -0.05) is 0 Å². The number of ether oxygens (including phenoxy) is 2. The Balaban J connectivity index is 2.30. The van der Waals surface area contributed by atoms with Gasteiger partial charge in [0.25, 0.3) is 5.91 Å². The van der Waals surface area contributed by atoms with E-state index in [0.29, 0.717) is 28.4 Å². The average Bonchev–Trinajstić information content (AvgIpc) is 2.46. The van der Waals surface area contributed by atoms with Crippen LogP contribution in [0.15, 0.2) is 36.4 Å². The lowest BCUT2D eigenvalue weighted by Crippen LogP contribution is -2.13. The van der Waals surface area contributed by atoms with Crippen molar-refractivity contribution in [2.45, 2.75) is 6.92 Å². The molecule has 0 fully saturated rings. The zero-order valence-corrected chi connectivity index (χ0v) is 12.3. The third-order valence-electron chi connectivity index (χ3n) is 3.02. The van der Waals surface area contributed by atoms with E-state index in [1.165, 1.54) is 0 Å². The molecule has 5 nitrogen and oxygen atoms in total. The average molecular weight is 286 g/mol. The Morgan fingerprint density at radius 3 is 2.48 bits per heavy atom. The highest BCUT2D eigenvalue weighted by Crippen LogP contribution is 2.29. The fourth-order valence-electron chi connectivity index (χ4n) is 2.05. The third-order valence-corrected chi connectivity index (χ3v) is 3.02. The Morgan fingerprint density at radius 1 is 1.10 bits per heavy atom. The van der Waals surface area contributed by atoms with Crippen LogP contribution in [0.25, 0.3) is 0 Å². The molecule has 3 N–H and O–H groups in total. The first-order valence-electron chi connectivity index (χ1n) is 6.44. The van der Waals surface area contributed by atoms with Crippen molar-refractivity contribution in [3.05, 3.63) is 47.5 Å². The van der Waals surface area contributed by atoms with Crippen molar-refractivity contribution in [2.75, 3.05) is 25.3 Å². The van der Waals surface area contributed by atoms with Crippen molar-refractivity contribution in [2.24, 2.45) is 0 Å². The van der Waals surface area contributed by atoms with Crippen molar-refractivity contribution in [1.82, 2.24) is 0 Å². The van der Waals surface area contributed by atoms with Gasteiger partial charge in [0.2, 0.25) is 0 Å². The first-order chi connectivity index (χ1) is 10.0. The quantitative estimate of drug-likeness (QED) is 0.848. The normalized spacial score (nSPS) is 10.0.